The van der Waals surface area contributed by atoms with E-state index >= 15 is 0 Å². The summed E-state index contributed by atoms with van der Waals surface area (Å²) in [5.74, 6) is -0.513. The van der Waals surface area contributed by atoms with Crippen molar-refractivity contribution in [2.45, 2.75) is 6.92 Å². The molecule has 0 saturated heterocycles. The number of pyridine rings is 1. The van der Waals surface area contributed by atoms with Gasteiger partial charge in [0.05, 0.1) is 23.6 Å². The lowest BCUT2D eigenvalue weighted by atomic mass is 10.2. The van der Waals surface area contributed by atoms with Crippen LogP contribution >= 0.6 is 0 Å². The summed E-state index contributed by atoms with van der Waals surface area (Å²) in [6, 6.07) is 1.74. The Bertz CT molecular complexity index is 715. The number of hydrogen-bond donors (Lipinski definition) is 2. The number of esters is 1. The predicted molar refractivity (Wildman–Crippen MR) is 62.2 cm³/mol. The lowest BCUT2D eigenvalue weighted by Gasteiger charge is -2.01. The van der Waals surface area contributed by atoms with Crippen LogP contribution in [-0.2, 0) is 0 Å². The summed E-state index contributed by atoms with van der Waals surface area (Å²) in [7, 11) is 0. The Balaban J connectivity index is 1.94. The summed E-state index contributed by atoms with van der Waals surface area (Å²) in [5.41, 5.74) is 2.21. The number of ether oxygens (including phenoxy) is 1. The van der Waals surface area contributed by atoms with Crippen LogP contribution in [0.25, 0.3) is 11.2 Å². The molecule has 0 spiro atoms. The first kappa shape index (κ1) is 10.5. The molecule has 0 aliphatic heterocycles. The molecule has 0 aliphatic rings. The number of aromatic nitrogens is 5. The number of rotatable bonds is 2. The van der Waals surface area contributed by atoms with Gasteiger partial charge >= 0.3 is 12.0 Å². The maximum atomic E-state index is 12.0. The van der Waals surface area contributed by atoms with Crippen LogP contribution in [0.4, 0.5) is 0 Å². The first-order valence-corrected chi connectivity index (χ1v) is 5.26. The number of aryl methyl sites for hydroxylation is 1. The summed E-state index contributed by atoms with van der Waals surface area (Å²) in [6.45, 7) is 1.82. The fourth-order valence-corrected chi connectivity index (χ4v) is 1.60. The zero-order valence-corrected chi connectivity index (χ0v) is 9.47. The molecular formula is C11H9N5O2. The van der Waals surface area contributed by atoms with Crippen LogP contribution in [0.5, 0.6) is 6.01 Å². The number of hydrogen-bond acceptors (Lipinski definition) is 5. The van der Waals surface area contributed by atoms with Crippen molar-refractivity contribution in [2.24, 2.45) is 0 Å². The maximum Gasteiger partial charge on any atom is 0.348 e. The van der Waals surface area contributed by atoms with E-state index in [1.807, 2.05) is 6.92 Å². The van der Waals surface area contributed by atoms with Gasteiger partial charge in [0.2, 0.25) is 0 Å². The van der Waals surface area contributed by atoms with Gasteiger partial charge in [-0.05, 0) is 13.0 Å². The summed E-state index contributed by atoms with van der Waals surface area (Å²) in [6.07, 6.45) is 4.57. The zero-order valence-electron chi connectivity index (χ0n) is 9.47. The van der Waals surface area contributed by atoms with Gasteiger partial charge in [-0.25, -0.2) is 19.7 Å². The van der Waals surface area contributed by atoms with E-state index in [4.69, 9.17) is 4.74 Å². The number of imidazole rings is 2. The molecule has 0 aliphatic carbocycles. The quantitative estimate of drug-likeness (QED) is 0.659. The van der Waals surface area contributed by atoms with Crippen molar-refractivity contribution >= 4 is 17.1 Å². The second-order valence-corrected chi connectivity index (χ2v) is 3.72. The normalized spacial score (nSPS) is 10.7. The molecule has 0 fully saturated rings. The fourth-order valence-electron chi connectivity index (χ4n) is 1.60. The minimum atomic E-state index is -0.513. The largest absolute Gasteiger partial charge is 0.388 e. The van der Waals surface area contributed by atoms with Gasteiger partial charge in [-0.2, -0.15) is 0 Å². The van der Waals surface area contributed by atoms with E-state index in [2.05, 4.69) is 24.9 Å². The third kappa shape index (κ3) is 1.71. The van der Waals surface area contributed by atoms with Gasteiger partial charge in [-0.3, -0.25) is 0 Å². The maximum absolute atomic E-state index is 12.0. The van der Waals surface area contributed by atoms with Crippen LogP contribution in [-0.4, -0.2) is 30.9 Å². The Morgan fingerprint density at radius 1 is 1.33 bits per heavy atom. The van der Waals surface area contributed by atoms with E-state index in [1.54, 1.807) is 12.3 Å². The number of H-pyrrole nitrogens is 2. The van der Waals surface area contributed by atoms with Crippen molar-refractivity contribution in [1.29, 1.82) is 0 Å². The molecule has 0 aromatic carbocycles. The van der Waals surface area contributed by atoms with Gasteiger partial charge in [0.1, 0.15) is 0 Å². The van der Waals surface area contributed by atoms with Crippen molar-refractivity contribution in [3.05, 3.63) is 36.0 Å². The summed E-state index contributed by atoms with van der Waals surface area (Å²) < 4.78 is 5.12. The topological polar surface area (TPSA) is 96.5 Å². The number of fused-ring (bicyclic) bond motifs is 1. The van der Waals surface area contributed by atoms with E-state index in [0.717, 1.165) is 5.69 Å². The van der Waals surface area contributed by atoms with Gasteiger partial charge in [-0.15, -0.1) is 0 Å². The van der Waals surface area contributed by atoms with Crippen molar-refractivity contribution in [3.63, 3.8) is 0 Å². The molecule has 18 heavy (non-hydrogen) atoms. The molecule has 3 aromatic heterocycles. The average molecular weight is 243 g/mol. The van der Waals surface area contributed by atoms with Crippen LogP contribution in [0.3, 0.4) is 0 Å². The number of nitrogens with zero attached hydrogens (tertiary/aromatic N) is 3. The monoisotopic (exact) mass is 243 g/mol. The Morgan fingerprint density at radius 3 is 3.00 bits per heavy atom. The number of aromatic amines is 2. The SMILES string of the molecule is Cc1cnc(OC(=O)c2ccnc3nc[nH]c23)[nH]1. The molecule has 7 heteroatoms. The summed E-state index contributed by atoms with van der Waals surface area (Å²) >= 11 is 0. The molecule has 0 radical (unpaired) electrons. The highest BCUT2D eigenvalue weighted by Crippen LogP contribution is 2.14. The Hall–Kier alpha value is -2.70. The van der Waals surface area contributed by atoms with E-state index in [-0.39, 0.29) is 6.01 Å². The molecular weight excluding hydrogens is 234 g/mol. The van der Waals surface area contributed by atoms with Crippen molar-refractivity contribution in [3.8, 4) is 6.01 Å². The standard InChI is InChI=1S/C11H9N5O2/c1-6-4-13-11(16-6)18-10(17)7-2-3-12-9-8(7)14-5-15-9/h2-5H,1H3,(H,13,16)(H,12,14,15). The van der Waals surface area contributed by atoms with Gasteiger partial charge in [-0.1, -0.05) is 0 Å². The second kappa shape index (κ2) is 3.95. The summed E-state index contributed by atoms with van der Waals surface area (Å²) in [4.78, 5) is 29.6. The third-order valence-corrected chi connectivity index (χ3v) is 2.42. The number of nitrogens with one attached hydrogen (secondary N) is 2. The van der Waals surface area contributed by atoms with Crippen LogP contribution in [0.2, 0.25) is 0 Å². The van der Waals surface area contributed by atoms with Gasteiger partial charge < -0.3 is 14.7 Å². The smallest absolute Gasteiger partial charge is 0.348 e. The molecule has 3 heterocycles. The number of carbonyl (C=O) groups is 1. The van der Waals surface area contributed by atoms with Crippen LogP contribution in [0.15, 0.2) is 24.8 Å². The number of carbonyl (C=O) groups excluding carboxylic acids is 1. The first-order chi connectivity index (χ1) is 8.74. The molecule has 3 aromatic rings. The van der Waals surface area contributed by atoms with E-state index in [1.165, 1.54) is 12.5 Å². The Labute approximate surface area is 101 Å². The van der Waals surface area contributed by atoms with Gasteiger partial charge in [0.15, 0.2) is 5.65 Å². The molecule has 0 bridgehead atoms. The molecule has 3 rings (SSSR count). The van der Waals surface area contributed by atoms with Gasteiger partial charge in [0.25, 0.3) is 0 Å². The van der Waals surface area contributed by atoms with Crippen LogP contribution in [0.1, 0.15) is 16.1 Å². The minimum absolute atomic E-state index is 0.168. The van der Waals surface area contributed by atoms with Crippen molar-refractivity contribution in [2.75, 3.05) is 0 Å². The zero-order chi connectivity index (χ0) is 12.5. The molecule has 7 nitrogen and oxygen atoms in total. The van der Waals surface area contributed by atoms with Crippen molar-refractivity contribution < 1.29 is 9.53 Å². The predicted octanol–water partition coefficient (Wildman–Crippen LogP) is 1.21. The Kier molecular flexibility index (Phi) is 2.30. The lowest BCUT2D eigenvalue weighted by Crippen LogP contribution is -2.10. The average Bonchev–Trinajstić information content (AvgIpc) is 2.97. The van der Waals surface area contributed by atoms with E-state index in [9.17, 15) is 4.79 Å². The first-order valence-electron chi connectivity index (χ1n) is 5.26. The minimum Gasteiger partial charge on any atom is -0.388 e. The highest BCUT2D eigenvalue weighted by molar-refractivity contribution is 6.01. The highest BCUT2D eigenvalue weighted by atomic mass is 16.5. The molecule has 0 amide bonds. The van der Waals surface area contributed by atoms with E-state index in [0.29, 0.717) is 16.7 Å². The lowest BCUT2D eigenvalue weighted by molar-refractivity contribution is 0.0722. The molecule has 90 valence electrons. The third-order valence-electron chi connectivity index (χ3n) is 2.42. The fraction of sp³-hybridized carbons (Fsp3) is 0.0909. The molecule has 0 unspecified atom stereocenters. The van der Waals surface area contributed by atoms with Crippen molar-refractivity contribution in [1.82, 2.24) is 24.9 Å². The Morgan fingerprint density at radius 2 is 2.22 bits per heavy atom. The molecule has 0 atom stereocenters. The summed E-state index contributed by atoms with van der Waals surface area (Å²) in [5, 5.41) is 0. The van der Waals surface area contributed by atoms with E-state index < -0.39 is 5.97 Å². The molecule has 2 N–H and O–H groups in total. The molecule has 0 saturated carbocycles. The second-order valence-electron chi connectivity index (χ2n) is 3.72. The van der Waals surface area contributed by atoms with Crippen LogP contribution in [0, 0.1) is 6.92 Å². The van der Waals surface area contributed by atoms with Gasteiger partial charge in [0, 0.05) is 11.9 Å². The highest BCUT2D eigenvalue weighted by Gasteiger charge is 2.15. The van der Waals surface area contributed by atoms with Crippen LogP contribution < -0.4 is 4.74 Å².